The van der Waals surface area contributed by atoms with E-state index < -0.39 is 11.8 Å². The van der Waals surface area contributed by atoms with Crippen LogP contribution in [0.5, 0.6) is 17.2 Å². The Kier molecular flexibility index (Phi) is 49.8. The van der Waals surface area contributed by atoms with E-state index in [1.807, 2.05) is 36.5 Å². The number of ether oxygens (including phenoxy) is 3. The summed E-state index contributed by atoms with van der Waals surface area (Å²) in [6.07, 6.45) is 83.1. The molecular formula is C96H148N6O7. The molecule has 0 saturated heterocycles. The number of carbonyl (C=O) groups excluding carboxylic acids is 4. The molecule has 0 aliphatic carbocycles. The fourth-order valence-corrected chi connectivity index (χ4v) is 15.1. The fraction of sp³-hybridized carbons (Fsp3) is 0.667. The molecule has 0 radical (unpaired) electrons. The van der Waals surface area contributed by atoms with E-state index in [2.05, 4.69) is 87.4 Å². The summed E-state index contributed by atoms with van der Waals surface area (Å²) in [6.45, 7) is 17.8. The SMILES string of the molecule is CCCCCCCCCCCCOc1c(CN2C=CC(=C/C=C3\C(=O)N(CCCCCCCCCCCC)C(=O)C(C#N)=C3C)C=C2)cc(CN2C=CC(=C/C=C3\C(=O)N(CCCCCCCCCCCC)C(=O)C(C#N)=C3C)C=C2)c(OCCCCCCCCCCCC)c1OCCCCCCCCCCCC. The Morgan fingerprint density at radius 1 is 0.312 bits per heavy atom. The van der Waals surface area contributed by atoms with Crippen LogP contribution in [0.2, 0.25) is 0 Å². The zero-order valence-corrected chi connectivity index (χ0v) is 69.9. The van der Waals surface area contributed by atoms with E-state index >= 15 is 0 Å². The molecular weight excluding hydrogens is 1350 g/mol. The van der Waals surface area contributed by atoms with E-state index in [0.717, 1.165) is 99.3 Å². The van der Waals surface area contributed by atoms with Crippen molar-refractivity contribution in [2.75, 3.05) is 32.9 Å². The number of nitriles is 2. The van der Waals surface area contributed by atoms with Gasteiger partial charge in [-0.15, -0.1) is 0 Å². The number of hydrogen-bond donors (Lipinski definition) is 0. The van der Waals surface area contributed by atoms with Gasteiger partial charge in [0.1, 0.15) is 23.3 Å². The van der Waals surface area contributed by atoms with Crippen molar-refractivity contribution in [1.82, 2.24) is 19.6 Å². The van der Waals surface area contributed by atoms with E-state index in [4.69, 9.17) is 14.2 Å². The highest BCUT2D eigenvalue weighted by atomic mass is 16.5. The van der Waals surface area contributed by atoms with Gasteiger partial charge in [0.05, 0.1) is 32.9 Å². The van der Waals surface area contributed by atoms with Gasteiger partial charge in [-0.05, 0) is 111 Å². The van der Waals surface area contributed by atoms with Gasteiger partial charge < -0.3 is 24.0 Å². The molecule has 0 saturated carbocycles. The number of benzene rings is 1. The first kappa shape index (κ1) is 92.5. The lowest BCUT2D eigenvalue weighted by Gasteiger charge is -2.28. The first-order valence-electron chi connectivity index (χ1n) is 44.6. The van der Waals surface area contributed by atoms with Gasteiger partial charge in [-0.2, -0.15) is 10.5 Å². The topological polar surface area (TPSA) is 157 Å². The van der Waals surface area contributed by atoms with E-state index in [0.29, 0.717) is 98.4 Å². The van der Waals surface area contributed by atoms with E-state index in [1.165, 1.54) is 241 Å². The Morgan fingerprint density at radius 3 is 0.807 bits per heavy atom. The fourth-order valence-electron chi connectivity index (χ4n) is 15.1. The standard InChI is InChI=1S/C96H148N6O7/c1-8-13-18-23-28-33-38-43-48-53-66-101-93(103)86(80(6)88(76-97)95(101)105)60-58-82-62-68-99(69-63-82)78-84-75-85(79-100-70-64-83(65-71-100)59-61-87-81(7)89(77-98)96(106)102(94(87)104)67-54-49-44-39-34-29-24-19-14-9-2)91(108-73-56-51-46-41-36-31-26-21-16-11-4)92(109-74-57-52-47-42-37-32-27-22-17-12-5)90(84)107-72-55-50-45-40-35-30-25-20-15-10-3/h58-65,68-71,75H,8-57,66-67,72-74,78-79H2,1-7H3/b86-60-,87-61-. The molecule has 13 nitrogen and oxygen atoms in total. The third kappa shape index (κ3) is 35.8. The van der Waals surface area contributed by atoms with Gasteiger partial charge in [0.2, 0.25) is 5.75 Å². The van der Waals surface area contributed by atoms with Crippen LogP contribution < -0.4 is 14.2 Å². The van der Waals surface area contributed by atoms with Crippen molar-refractivity contribution < 1.29 is 33.4 Å². The average Bonchev–Trinajstić information content (AvgIpc) is 0.795. The molecule has 13 heteroatoms. The summed E-state index contributed by atoms with van der Waals surface area (Å²) in [5.41, 5.74) is 5.24. The van der Waals surface area contributed by atoms with Gasteiger partial charge in [-0.25, -0.2) is 0 Å². The predicted molar refractivity (Wildman–Crippen MR) is 452 cm³/mol. The second kappa shape index (κ2) is 58.8. The third-order valence-electron chi connectivity index (χ3n) is 22.1. The summed E-state index contributed by atoms with van der Waals surface area (Å²) in [5.74, 6) is 0.371. The second-order valence-electron chi connectivity index (χ2n) is 31.5. The van der Waals surface area contributed by atoms with Crippen molar-refractivity contribution in [3.05, 3.63) is 135 Å². The lowest BCUT2D eigenvalue weighted by atomic mass is 9.94. The monoisotopic (exact) mass is 1500 g/mol. The third-order valence-corrected chi connectivity index (χ3v) is 22.1. The van der Waals surface area contributed by atoms with Crippen molar-refractivity contribution in [2.45, 2.75) is 383 Å². The maximum Gasteiger partial charge on any atom is 0.271 e. The van der Waals surface area contributed by atoms with Crippen LogP contribution in [0.4, 0.5) is 0 Å². The van der Waals surface area contributed by atoms with Crippen LogP contribution in [-0.2, 0) is 32.3 Å². The molecule has 1 aromatic rings. The minimum absolute atomic E-state index is 0.0198. The number of allylic oxidation sites excluding steroid dienone is 10. The molecule has 0 bridgehead atoms. The number of carbonyl (C=O) groups is 4. The molecule has 4 amide bonds. The number of unbranched alkanes of at least 4 members (excludes halogenated alkanes) is 45. The first-order chi connectivity index (χ1) is 53.5. The van der Waals surface area contributed by atoms with Crippen molar-refractivity contribution in [2.24, 2.45) is 0 Å². The molecule has 0 unspecified atom stereocenters. The minimum Gasteiger partial charge on any atom is -0.489 e. The van der Waals surface area contributed by atoms with E-state index in [9.17, 15) is 29.7 Å². The van der Waals surface area contributed by atoms with Gasteiger partial charge in [0, 0.05) is 60.2 Å². The molecule has 1 aromatic carbocycles. The molecule has 4 heterocycles. The van der Waals surface area contributed by atoms with Crippen LogP contribution in [0, 0.1) is 22.7 Å². The molecule has 109 heavy (non-hydrogen) atoms. The Bertz CT molecular complexity index is 3020. The van der Waals surface area contributed by atoms with Crippen LogP contribution in [0.1, 0.15) is 381 Å². The number of amides is 4. The molecule has 0 N–H and O–H groups in total. The molecule has 5 rings (SSSR count). The van der Waals surface area contributed by atoms with Crippen LogP contribution in [0.15, 0.2) is 124 Å². The summed E-state index contributed by atoms with van der Waals surface area (Å²) >= 11 is 0. The smallest absolute Gasteiger partial charge is 0.271 e. The van der Waals surface area contributed by atoms with Crippen molar-refractivity contribution in [1.29, 1.82) is 10.5 Å². The summed E-state index contributed by atoms with van der Waals surface area (Å²) in [7, 11) is 0. The molecule has 0 atom stereocenters. The Labute approximate surface area is 663 Å². The molecule has 0 fully saturated rings. The Balaban J connectivity index is 1.48. The molecule has 4 aliphatic rings. The average molecular weight is 1500 g/mol. The maximum atomic E-state index is 14.2. The van der Waals surface area contributed by atoms with Gasteiger partial charge in [-0.3, -0.25) is 29.0 Å². The number of hydrogen-bond acceptors (Lipinski definition) is 11. The van der Waals surface area contributed by atoms with Crippen LogP contribution in [0.3, 0.4) is 0 Å². The zero-order valence-electron chi connectivity index (χ0n) is 69.9. The predicted octanol–water partition coefficient (Wildman–Crippen LogP) is 26.2. The van der Waals surface area contributed by atoms with Gasteiger partial charge in [0.25, 0.3) is 23.6 Å². The van der Waals surface area contributed by atoms with Crippen molar-refractivity contribution in [3.63, 3.8) is 0 Å². The van der Waals surface area contributed by atoms with Crippen molar-refractivity contribution >= 4 is 23.6 Å². The minimum atomic E-state index is -0.504. The highest BCUT2D eigenvalue weighted by Gasteiger charge is 2.36. The Morgan fingerprint density at radius 2 is 0.550 bits per heavy atom. The first-order valence-corrected chi connectivity index (χ1v) is 44.6. The summed E-state index contributed by atoms with van der Waals surface area (Å²) in [5, 5.41) is 20.4. The zero-order chi connectivity index (χ0) is 78.2. The van der Waals surface area contributed by atoms with Crippen LogP contribution >= 0.6 is 0 Å². The van der Waals surface area contributed by atoms with Crippen molar-refractivity contribution in [3.8, 4) is 29.4 Å². The molecule has 604 valence electrons. The highest BCUT2D eigenvalue weighted by molar-refractivity contribution is 6.19. The molecule has 0 spiro atoms. The quantitative estimate of drug-likeness (QED) is 0.0347. The lowest BCUT2D eigenvalue weighted by molar-refractivity contribution is -0.142. The van der Waals surface area contributed by atoms with E-state index in [1.54, 1.807) is 26.0 Å². The number of rotatable bonds is 64. The van der Waals surface area contributed by atoms with Gasteiger partial charge >= 0.3 is 0 Å². The van der Waals surface area contributed by atoms with Gasteiger partial charge in [0.15, 0.2) is 11.5 Å². The Hall–Kier alpha value is -7.12. The molecule has 0 aromatic heterocycles. The number of nitrogens with zero attached hydrogens (tertiary/aromatic N) is 6. The largest absolute Gasteiger partial charge is 0.489 e. The summed E-state index contributed by atoms with van der Waals surface area (Å²) in [6, 6.07) is 6.51. The lowest BCUT2D eigenvalue weighted by Crippen LogP contribution is -2.43. The highest BCUT2D eigenvalue weighted by Crippen LogP contribution is 2.46. The molecule has 4 aliphatic heterocycles. The maximum absolute atomic E-state index is 14.2. The van der Waals surface area contributed by atoms with E-state index in [-0.39, 0.29) is 23.0 Å². The second-order valence-corrected chi connectivity index (χ2v) is 31.5. The van der Waals surface area contributed by atoms with Crippen LogP contribution in [0.25, 0.3) is 0 Å². The number of imide groups is 2. The normalized spacial score (nSPS) is 15.3. The van der Waals surface area contributed by atoms with Crippen LogP contribution in [-0.4, -0.2) is 76.1 Å². The summed E-state index contributed by atoms with van der Waals surface area (Å²) in [4.78, 5) is 62.4. The summed E-state index contributed by atoms with van der Waals surface area (Å²) < 4.78 is 21.5. The van der Waals surface area contributed by atoms with Gasteiger partial charge in [-0.1, -0.05) is 336 Å².